The molecule has 2 aliphatic heterocycles. The number of carbonyl (C=O) groups is 2. The second kappa shape index (κ2) is 8.36. The van der Waals surface area contributed by atoms with Gasteiger partial charge in [-0.3, -0.25) is 0 Å². The maximum absolute atomic E-state index is 12.8. The Labute approximate surface area is 173 Å². The number of amides is 2. The predicted molar refractivity (Wildman–Crippen MR) is 107 cm³/mol. The van der Waals surface area contributed by atoms with Gasteiger partial charge in [-0.1, -0.05) is 23.8 Å². The second-order valence-corrected chi connectivity index (χ2v) is 6.86. The van der Waals surface area contributed by atoms with Crippen molar-refractivity contribution < 1.29 is 28.5 Å². The summed E-state index contributed by atoms with van der Waals surface area (Å²) in [5.41, 5.74) is 2.40. The molecule has 2 aromatic rings. The molecule has 8 heteroatoms. The molecule has 156 valence electrons. The van der Waals surface area contributed by atoms with E-state index in [0.717, 1.165) is 5.56 Å². The van der Waals surface area contributed by atoms with Crippen LogP contribution in [-0.2, 0) is 9.53 Å². The van der Waals surface area contributed by atoms with Gasteiger partial charge in [-0.05, 0) is 43.7 Å². The molecule has 8 nitrogen and oxygen atoms in total. The number of ether oxygens (including phenoxy) is 4. The number of hydrogen-bond acceptors (Lipinski definition) is 6. The molecule has 4 rings (SSSR count). The Morgan fingerprint density at radius 2 is 1.90 bits per heavy atom. The zero-order chi connectivity index (χ0) is 21.1. The van der Waals surface area contributed by atoms with Gasteiger partial charge < -0.3 is 29.6 Å². The number of benzene rings is 2. The Bertz CT molecular complexity index is 999. The van der Waals surface area contributed by atoms with Gasteiger partial charge in [0.15, 0.2) is 11.5 Å². The summed E-state index contributed by atoms with van der Waals surface area (Å²) < 4.78 is 21.9. The highest BCUT2D eigenvalue weighted by Crippen LogP contribution is 2.37. The molecule has 0 aliphatic carbocycles. The van der Waals surface area contributed by atoms with E-state index in [9.17, 15) is 9.59 Å². The Hall–Kier alpha value is -3.68. The molecule has 0 saturated heterocycles. The number of carbonyl (C=O) groups excluding carboxylic acids is 2. The lowest BCUT2D eigenvalue weighted by Crippen LogP contribution is -2.47. The van der Waals surface area contributed by atoms with Crippen LogP contribution in [0, 0.1) is 6.92 Å². The summed E-state index contributed by atoms with van der Waals surface area (Å²) in [6, 6.07) is 11.6. The van der Waals surface area contributed by atoms with Gasteiger partial charge in [-0.25, -0.2) is 9.59 Å². The molecule has 1 atom stereocenters. The van der Waals surface area contributed by atoms with Gasteiger partial charge in [0.2, 0.25) is 6.79 Å². The Balaban J connectivity index is 1.68. The summed E-state index contributed by atoms with van der Waals surface area (Å²) >= 11 is 0. The molecule has 2 N–H and O–H groups in total. The van der Waals surface area contributed by atoms with Crippen molar-refractivity contribution in [1.29, 1.82) is 0 Å². The van der Waals surface area contributed by atoms with Gasteiger partial charge in [-0.2, -0.15) is 0 Å². The summed E-state index contributed by atoms with van der Waals surface area (Å²) in [5, 5.41) is 5.48. The monoisotopic (exact) mass is 410 g/mol. The Kier molecular flexibility index (Phi) is 5.47. The van der Waals surface area contributed by atoms with Gasteiger partial charge in [0.25, 0.3) is 0 Å². The summed E-state index contributed by atoms with van der Waals surface area (Å²) in [6.07, 6.45) is 0. The highest BCUT2D eigenvalue weighted by molar-refractivity contribution is 5.95. The van der Waals surface area contributed by atoms with E-state index in [2.05, 4.69) is 10.6 Å². The van der Waals surface area contributed by atoms with E-state index in [-0.39, 0.29) is 25.6 Å². The van der Waals surface area contributed by atoms with Crippen LogP contribution in [-0.4, -0.2) is 32.0 Å². The minimum absolute atomic E-state index is 0.00564. The van der Waals surface area contributed by atoms with E-state index in [1.54, 1.807) is 25.1 Å². The smallest absolute Gasteiger partial charge is 0.338 e. The van der Waals surface area contributed by atoms with Crippen molar-refractivity contribution in [3.63, 3.8) is 0 Å². The van der Waals surface area contributed by atoms with Crippen molar-refractivity contribution in [2.45, 2.75) is 19.9 Å². The van der Waals surface area contributed by atoms with Crippen LogP contribution in [0.3, 0.4) is 0 Å². The number of hydrogen-bond donors (Lipinski definition) is 2. The third kappa shape index (κ3) is 4.03. The van der Waals surface area contributed by atoms with Crippen LogP contribution in [0.2, 0.25) is 0 Å². The molecule has 0 radical (unpaired) electrons. The fourth-order valence-electron chi connectivity index (χ4n) is 3.31. The van der Waals surface area contributed by atoms with E-state index in [0.29, 0.717) is 28.5 Å². The first-order chi connectivity index (χ1) is 14.5. The van der Waals surface area contributed by atoms with Gasteiger partial charge in [0.1, 0.15) is 12.4 Å². The lowest BCUT2D eigenvalue weighted by molar-refractivity contribution is -0.139. The number of fused-ring (bicyclic) bond motifs is 1. The maximum atomic E-state index is 12.8. The van der Waals surface area contributed by atoms with Gasteiger partial charge in [-0.15, -0.1) is 0 Å². The first-order valence-corrected chi connectivity index (χ1v) is 9.62. The zero-order valence-corrected chi connectivity index (χ0v) is 16.7. The van der Waals surface area contributed by atoms with Crippen molar-refractivity contribution >= 4 is 12.0 Å². The van der Waals surface area contributed by atoms with Crippen molar-refractivity contribution in [2.75, 3.05) is 20.0 Å². The van der Waals surface area contributed by atoms with E-state index in [1.165, 1.54) is 0 Å². The van der Waals surface area contributed by atoms with Crippen LogP contribution >= 0.6 is 0 Å². The first kappa shape index (κ1) is 19.6. The standard InChI is InChI=1S/C22H22N2O6/c1-3-27-21(25)19-16(11-28-15-7-4-13(2)5-8-15)23-22(26)24-20(19)14-6-9-17-18(10-14)30-12-29-17/h4-10,20H,3,11-12H2,1-2H3,(H2,23,24,26). The third-order valence-corrected chi connectivity index (χ3v) is 4.78. The molecule has 0 fully saturated rings. The van der Waals surface area contributed by atoms with E-state index < -0.39 is 18.0 Å². The second-order valence-electron chi connectivity index (χ2n) is 6.86. The highest BCUT2D eigenvalue weighted by atomic mass is 16.7. The Morgan fingerprint density at radius 1 is 1.13 bits per heavy atom. The summed E-state index contributed by atoms with van der Waals surface area (Å²) in [5.74, 6) is 1.27. The quantitative estimate of drug-likeness (QED) is 0.711. The topological polar surface area (TPSA) is 95.1 Å². The van der Waals surface area contributed by atoms with Gasteiger partial charge >= 0.3 is 12.0 Å². The minimum Gasteiger partial charge on any atom is -0.487 e. The number of rotatable bonds is 6. The average Bonchev–Trinajstić information content (AvgIpc) is 3.21. The predicted octanol–water partition coefficient (Wildman–Crippen LogP) is 2.97. The average molecular weight is 410 g/mol. The van der Waals surface area contributed by atoms with Crippen LogP contribution in [0.1, 0.15) is 24.1 Å². The molecule has 2 aromatic carbocycles. The first-order valence-electron chi connectivity index (χ1n) is 9.62. The fraction of sp³-hybridized carbons (Fsp3) is 0.273. The normalized spacial score (nSPS) is 17.3. The largest absolute Gasteiger partial charge is 0.487 e. The lowest BCUT2D eigenvalue weighted by Gasteiger charge is -2.29. The number of urea groups is 1. The summed E-state index contributed by atoms with van der Waals surface area (Å²) in [7, 11) is 0. The molecule has 2 heterocycles. The fourth-order valence-corrected chi connectivity index (χ4v) is 3.31. The van der Waals surface area contributed by atoms with Crippen LogP contribution in [0.4, 0.5) is 4.79 Å². The van der Waals surface area contributed by atoms with E-state index in [1.807, 2.05) is 31.2 Å². The molecule has 30 heavy (non-hydrogen) atoms. The minimum atomic E-state index is -0.719. The third-order valence-electron chi connectivity index (χ3n) is 4.78. The molecular formula is C22H22N2O6. The van der Waals surface area contributed by atoms with Crippen LogP contribution in [0.5, 0.6) is 17.2 Å². The van der Waals surface area contributed by atoms with Gasteiger partial charge in [0.05, 0.1) is 23.9 Å². The maximum Gasteiger partial charge on any atom is 0.338 e. The molecule has 1 unspecified atom stereocenters. The molecule has 0 bridgehead atoms. The highest BCUT2D eigenvalue weighted by Gasteiger charge is 2.34. The van der Waals surface area contributed by atoms with Crippen molar-refractivity contribution in [3.05, 3.63) is 64.9 Å². The van der Waals surface area contributed by atoms with Crippen LogP contribution in [0.25, 0.3) is 0 Å². The van der Waals surface area contributed by atoms with E-state index >= 15 is 0 Å². The molecule has 2 aliphatic rings. The molecule has 0 saturated carbocycles. The number of aryl methyl sites for hydroxylation is 1. The zero-order valence-electron chi connectivity index (χ0n) is 16.7. The van der Waals surface area contributed by atoms with Crippen LogP contribution in [0.15, 0.2) is 53.7 Å². The summed E-state index contributed by atoms with van der Waals surface area (Å²) in [4.78, 5) is 25.2. The van der Waals surface area contributed by atoms with Crippen LogP contribution < -0.4 is 24.8 Å². The lowest BCUT2D eigenvalue weighted by atomic mass is 9.95. The van der Waals surface area contributed by atoms with E-state index in [4.69, 9.17) is 18.9 Å². The number of esters is 1. The summed E-state index contributed by atoms with van der Waals surface area (Å²) in [6.45, 7) is 4.05. The Morgan fingerprint density at radius 3 is 2.67 bits per heavy atom. The molecule has 0 aromatic heterocycles. The van der Waals surface area contributed by atoms with Crippen molar-refractivity contribution in [3.8, 4) is 17.2 Å². The molecule has 2 amide bonds. The van der Waals surface area contributed by atoms with Crippen molar-refractivity contribution in [1.82, 2.24) is 10.6 Å². The van der Waals surface area contributed by atoms with Crippen molar-refractivity contribution in [2.24, 2.45) is 0 Å². The molecular weight excluding hydrogens is 388 g/mol. The SMILES string of the molecule is CCOC(=O)C1=C(COc2ccc(C)cc2)NC(=O)NC1c1ccc2c(c1)OCO2. The number of nitrogens with one attached hydrogen (secondary N) is 2. The van der Waals surface area contributed by atoms with Gasteiger partial charge in [0, 0.05) is 0 Å². The molecule has 0 spiro atoms.